The largest absolute Gasteiger partial charge is 0.457 e. The summed E-state index contributed by atoms with van der Waals surface area (Å²) in [6.45, 7) is 11.7. The van der Waals surface area contributed by atoms with Crippen LogP contribution < -0.4 is 0 Å². The lowest BCUT2D eigenvalue weighted by atomic mass is 9.80. The van der Waals surface area contributed by atoms with E-state index in [1.165, 1.54) is 6.08 Å². The van der Waals surface area contributed by atoms with Gasteiger partial charge in [-0.2, -0.15) is 0 Å². The Bertz CT molecular complexity index is 627. The number of carbonyl (C=O) groups is 1. The normalized spacial score (nSPS) is 23.2. The van der Waals surface area contributed by atoms with Crippen LogP contribution in [0.3, 0.4) is 0 Å². The van der Waals surface area contributed by atoms with Gasteiger partial charge in [0.2, 0.25) is 0 Å². The molecule has 0 heterocycles. The van der Waals surface area contributed by atoms with E-state index in [4.69, 9.17) is 16.3 Å². The van der Waals surface area contributed by atoms with Crippen molar-refractivity contribution in [1.82, 2.24) is 0 Å². The van der Waals surface area contributed by atoms with Crippen LogP contribution >= 0.6 is 11.6 Å². The molecule has 0 radical (unpaired) electrons. The third-order valence-electron chi connectivity index (χ3n) is 3.81. The molecule has 0 aromatic heterocycles. The van der Waals surface area contributed by atoms with Crippen molar-refractivity contribution in [1.29, 1.82) is 0 Å². The van der Waals surface area contributed by atoms with Crippen LogP contribution in [0.25, 0.3) is 0 Å². The molecular formula is C22H31ClO2. The summed E-state index contributed by atoms with van der Waals surface area (Å²) in [5, 5.41) is 0.961. The second-order valence-corrected chi connectivity index (χ2v) is 8.46. The monoisotopic (exact) mass is 362 g/mol. The van der Waals surface area contributed by atoms with Crippen molar-refractivity contribution in [3.05, 3.63) is 58.7 Å². The summed E-state index contributed by atoms with van der Waals surface area (Å²) < 4.78 is 5.27. The standard InChI is InChI=1S/C22H31ClO2/c1-17(12-14-22(6)13-8-11-19(23)16-22)9-7-10-18(2)15-20(24)25-21(3,4)5/h7,9-10,12,14-16H,8,11,13H2,1-6H3/b10-7+,14-12+,17-9+,18-15+. The first-order valence-corrected chi connectivity index (χ1v) is 9.20. The summed E-state index contributed by atoms with van der Waals surface area (Å²) >= 11 is 6.17. The Morgan fingerprint density at radius 2 is 1.92 bits per heavy atom. The van der Waals surface area contributed by atoms with E-state index in [0.29, 0.717) is 0 Å². The fourth-order valence-corrected chi connectivity index (χ4v) is 2.95. The first-order chi connectivity index (χ1) is 11.5. The van der Waals surface area contributed by atoms with Gasteiger partial charge in [0.15, 0.2) is 0 Å². The van der Waals surface area contributed by atoms with Crippen LogP contribution in [-0.2, 0) is 9.53 Å². The fraction of sp³-hybridized carbons (Fsp3) is 0.500. The van der Waals surface area contributed by atoms with Crippen molar-refractivity contribution < 1.29 is 9.53 Å². The van der Waals surface area contributed by atoms with Crippen molar-refractivity contribution >= 4 is 17.6 Å². The number of carbonyl (C=O) groups excluding carboxylic acids is 1. The lowest BCUT2D eigenvalue weighted by Gasteiger charge is -2.26. The molecule has 0 bridgehead atoms. The smallest absolute Gasteiger partial charge is 0.331 e. The maximum absolute atomic E-state index is 11.7. The van der Waals surface area contributed by atoms with Crippen molar-refractivity contribution in [3.63, 3.8) is 0 Å². The molecule has 1 rings (SSSR count). The quantitative estimate of drug-likeness (QED) is 0.311. The Labute approximate surface area is 158 Å². The van der Waals surface area contributed by atoms with Gasteiger partial charge in [-0.25, -0.2) is 4.79 Å². The van der Waals surface area contributed by atoms with Crippen LogP contribution in [-0.4, -0.2) is 11.6 Å². The molecule has 0 aromatic rings. The van der Waals surface area contributed by atoms with Crippen LogP contribution in [0, 0.1) is 5.41 Å². The highest BCUT2D eigenvalue weighted by Gasteiger charge is 2.22. The molecule has 0 aliphatic heterocycles. The summed E-state index contributed by atoms with van der Waals surface area (Å²) in [7, 11) is 0. The first kappa shape index (κ1) is 21.5. The average molecular weight is 363 g/mol. The Kier molecular flexibility index (Phi) is 7.95. The number of allylic oxidation sites excluding steroid dienone is 9. The molecule has 0 amide bonds. The SMILES string of the molecule is CC(/C=C/C1(C)C=C(Cl)CCC1)=C\C=C\C(C)=C\C(=O)OC(C)(C)C. The summed E-state index contributed by atoms with van der Waals surface area (Å²) in [5.41, 5.74) is 1.58. The zero-order valence-corrected chi connectivity index (χ0v) is 17.1. The highest BCUT2D eigenvalue weighted by Crippen LogP contribution is 2.36. The third-order valence-corrected chi connectivity index (χ3v) is 4.11. The predicted octanol–water partition coefficient (Wildman–Crippen LogP) is 6.65. The van der Waals surface area contributed by atoms with Crippen LogP contribution in [0.5, 0.6) is 0 Å². The molecule has 0 saturated carbocycles. The van der Waals surface area contributed by atoms with Crippen LogP contribution in [0.15, 0.2) is 58.7 Å². The average Bonchev–Trinajstić information content (AvgIpc) is 2.42. The molecule has 1 atom stereocenters. The highest BCUT2D eigenvalue weighted by molar-refractivity contribution is 6.29. The Balaban J connectivity index is 2.65. The molecule has 3 heteroatoms. The first-order valence-electron chi connectivity index (χ1n) is 8.82. The molecule has 25 heavy (non-hydrogen) atoms. The van der Waals surface area contributed by atoms with E-state index in [-0.39, 0.29) is 11.4 Å². The van der Waals surface area contributed by atoms with E-state index >= 15 is 0 Å². The second kappa shape index (κ2) is 9.24. The van der Waals surface area contributed by atoms with E-state index in [1.807, 2.05) is 45.9 Å². The second-order valence-electron chi connectivity index (χ2n) is 7.98. The lowest BCUT2D eigenvalue weighted by Crippen LogP contribution is -2.22. The molecule has 1 aliphatic rings. The van der Waals surface area contributed by atoms with Gasteiger partial charge in [-0.15, -0.1) is 0 Å². The molecule has 0 fully saturated rings. The molecule has 0 N–H and O–H groups in total. The third kappa shape index (κ3) is 9.50. The van der Waals surface area contributed by atoms with Gasteiger partial charge in [0.25, 0.3) is 0 Å². The predicted molar refractivity (Wildman–Crippen MR) is 108 cm³/mol. The maximum atomic E-state index is 11.7. The van der Waals surface area contributed by atoms with Gasteiger partial charge in [0, 0.05) is 16.5 Å². The molecular weight excluding hydrogens is 332 g/mol. The number of rotatable bonds is 5. The number of ether oxygens (including phenoxy) is 1. The molecule has 0 spiro atoms. The Morgan fingerprint density at radius 1 is 1.24 bits per heavy atom. The fourth-order valence-electron chi connectivity index (χ4n) is 2.57. The molecule has 138 valence electrons. The summed E-state index contributed by atoms with van der Waals surface area (Å²) in [5.74, 6) is -0.316. The van der Waals surface area contributed by atoms with Gasteiger partial charge < -0.3 is 4.74 Å². The Morgan fingerprint density at radius 3 is 2.52 bits per heavy atom. The molecule has 2 nitrogen and oxygen atoms in total. The Hall–Kier alpha value is -1.54. The zero-order valence-electron chi connectivity index (χ0n) is 16.4. The minimum absolute atomic E-state index is 0.0423. The summed E-state index contributed by atoms with van der Waals surface area (Å²) in [6.07, 6.45) is 17.1. The van der Waals surface area contributed by atoms with Crippen molar-refractivity contribution in [2.45, 2.75) is 66.4 Å². The molecule has 1 aliphatic carbocycles. The lowest BCUT2D eigenvalue weighted by molar-refractivity contribution is -0.148. The summed E-state index contributed by atoms with van der Waals surface area (Å²) in [6, 6.07) is 0. The number of halogens is 1. The zero-order chi connectivity index (χ0) is 19.1. The van der Waals surface area contributed by atoms with Gasteiger partial charge in [-0.1, -0.05) is 60.6 Å². The van der Waals surface area contributed by atoms with Gasteiger partial charge in [-0.3, -0.25) is 0 Å². The van der Waals surface area contributed by atoms with Crippen LogP contribution in [0.4, 0.5) is 0 Å². The van der Waals surface area contributed by atoms with E-state index in [9.17, 15) is 4.79 Å². The number of hydrogen-bond donors (Lipinski definition) is 0. The van der Waals surface area contributed by atoms with Gasteiger partial charge in [-0.05, 0) is 59.5 Å². The van der Waals surface area contributed by atoms with Gasteiger partial charge in [0.1, 0.15) is 5.60 Å². The van der Waals surface area contributed by atoms with Crippen molar-refractivity contribution in [2.24, 2.45) is 5.41 Å². The molecule has 0 saturated heterocycles. The highest BCUT2D eigenvalue weighted by atomic mass is 35.5. The molecule has 1 unspecified atom stereocenters. The van der Waals surface area contributed by atoms with E-state index in [0.717, 1.165) is 35.4 Å². The number of hydrogen-bond acceptors (Lipinski definition) is 2. The van der Waals surface area contributed by atoms with Crippen LogP contribution in [0.1, 0.15) is 60.8 Å². The van der Waals surface area contributed by atoms with E-state index in [1.54, 1.807) is 0 Å². The van der Waals surface area contributed by atoms with E-state index < -0.39 is 5.60 Å². The van der Waals surface area contributed by atoms with Crippen LogP contribution in [0.2, 0.25) is 0 Å². The molecule has 0 aromatic carbocycles. The van der Waals surface area contributed by atoms with Gasteiger partial charge >= 0.3 is 5.97 Å². The van der Waals surface area contributed by atoms with Crippen molar-refractivity contribution in [2.75, 3.05) is 0 Å². The van der Waals surface area contributed by atoms with E-state index in [2.05, 4.69) is 32.1 Å². The maximum Gasteiger partial charge on any atom is 0.331 e. The topological polar surface area (TPSA) is 26.3 Å². The van der Waals surface area contributed by atoms with Gasteiger partial charge in [0.05, 0.1) is 0 Å². The van der Waals surface area contributed by atoms with Crippen molar-refractivity contribution in [3.8, 4) is 0 Å². The minimum atomic E-state index is -0.467. The summed E-state index contributed by atoms with van der Waals surface area (Å²) in [4.78, 5) is 11.7. The minimum Gasteiger partial charge on any atom is -0.457 e. The number of esters is 1.